The lowest BCUT2D eigenvalue weighted by Gasteiger charge is -2.18. The van der Waals surface area contributed by atoms with Crippen molar-refractivity contribution in [1.82, 2.24) is 0 Å². The van der Waals surface area contributed by atoms with Gasteiger partial charge in [0, 0.05) is 0 Å². The lowest BCUT2D eigenvalue weighted by atomic mass is 10.0. The van der Waals surface area contributed by atoms with Crippen molar-refractivity contribution < 1.29 is 14.3 Å². The van der Waals surface area contributed by atoms with Crippen LogP contribution in [0.15, 0.2) is 24.3 Å². The number of rotatable bonds is 2. The second-order valence-corrected chi connectivity index (χ2v) is 5.37. The van der Waals surface area contributed by atoms with Crippen molar-refractivity contribution in [1.29, 1.82) is 0 Å². The van der Waals surface area contributed by atoms with Crippen LogP contribution >= 0.6 is 0 Å². The maximum atomic E-state index is 11.8. The molecule has 1 fully saturated rings. The Labute approximate surface area is 102 Å². The highest BCUT2D eigenvalue weighted by atomic mass is 16.6. The minimum absolute atomic E-state index is 0.133. The number of hydrogen-bond acceptors (Lipinski definition) is 3. The van der Waals surface area contributed by atoms with E-state index in [0.717, 1.165) is 11.1 Å². The van der Waals surface area contributed by atoms with Crippen molar-refractivity contribution in [2.45, 2.75) is 45.5 Å². The largest absolute Gasteiger partial charge is 0.458 e. The second kappa shape index (κ2) is 4.15. The summed E-state index contributed by atoms with van der Waals surface area (Å²) >= 11 is 0. The van der Waals surface area contributed by atoms with Crippen LogP contribution in [0.3, 0.4) is 0 Å². The van der Waals surface area contributed by atoms with Gasteiger partial charge < -0.3 is 9.47 Å². The Morgan fingerprint density at radius 1 is 1.29 bits per heavy atom. The van der Waals surface area contributed by atoms with E-state index in [-0.39, 0.29) is 12.1 Å². The minimum atomic E-state index is -0.459. The summed E-state index contributed by atoms with van der Waals surface area (Å²) in [7, 11) is 0. The molecule has 0 saturated carbocycles. The third kappa shape index (κ3) is 2.86. The first-order valence-electron chi connectivity index (χ1n) is 5.82. The van der Waals surface area contributed by atoms with Crippen molar-refractivity contribution in [2.75, 3.05) is 0 Å². The topological polar surface area (TPSA) is 38.8 Å². The fourth-order valence-electron chi connectivity index (χ4n) is 1.79. The molecule has 1 saturated heterocycles. The summed E-state index contributed by atoms with van der Waals surface area (Å²) in [5, 5.41) is 0. The van der Waals surface area contributed by atoms with Gasteiger partial charge in [-0.25, -0.2) is 4.79 Å². The number of ether oxygens (including phenoxy) is 2. The molecule has 1 heterocycles. The van der Waals surface area contributed by atoms with Gasteiger partial charge in [-0.1, -0.05) is 24.3 Å². The fraction of sp³-hybridized carbons (Fsp3) is 0.500. The minimum Gasteiger partial charge on any atom is -0.458 e. The highest BCUT2D eigenvalue weighted by Crippen LogP contribution is 2.41. The van der Waals surface area contributed by atoms with E-state index in [9.17, 15) is 4.79 Å². The number of carbonyl (C=O) groups excluding carboxylic acids is 1. The smallest absolute Gasteiger partial charge is 0.338 e. The van der Waals surface area contributed by atoms with E-state index in [0.29, 0.717) is 0 Å². The molecule has 1 aliphatic heterocycles. The van der Waals surface area contributed by atoms with Crippen molar-refractivity contribution in [3.8, 4) is 0 Å². The van der Waals surface area contributed by atoms with Crippen LogP contribution in [0.2, 0.25) is 0 Å². The SMILES string of the molecule is Cc1ccccc1[C@@H]1O[C@@H]1C(=O)OC(C)(C)C. The van der Waals surface area contributed by atoms with E-state index in [1.165, 1.54) is 0 Å². The lowest BCUT2D eigenvalue weighted by Crippen LogP contribution is -2.26. The summed E-state index contributed by atoms with van der Waals surface area (Å²) in [6.07, 6.45) is -0.568. The normalized spacial score (nSPS) is 23.3. The second-order valence-electron chi connectivity index (χ2n) is 5.37. The zero-order chi connectivity index (χ0) is 12.6. The van der Waals surface area contributed by atoms with Gasteiger partial charge in [0.15, 0.2) is 6.10 Å². The highest BCUT2D eigenvalue weighted by Gasteiger charge is 2.48. The molecule has 0 radical (unpaired) electrons. The molecule has 0 bridgehead atoms. The molecular weight excluding hydrogens is 216 g/mol. The number of hydrogen-bond donors (Lipinski definition) is 0. The number of epoxide rings is 1. The van der Waals surface area contributed by atoms with E-state index in [1.807, 2.05) is 52.0 Å². The molecule has 0 spiro atoms. The van der Waals surface area contributed by atoms with Gasteiger partial charge in [-0.3, -0.25) is 0 Å². The summed E-state index contributed by atoms with van der Waals surface area (Å²) < 4.78 is 10.7. The molecule has 17 heavy (non-hydrogen) atoms. The standard InChI is InChI=1S/C14H18O3/c1-9-7-5-6-8-10(9)11-12(16-11)13(15)17-14(2,3)4/h5-8,11-12H,1-4H3/t11-,12-/m0/s1. The van der Waals surface area contributed by atoms with E-state index in [4.69, 9.17) is 9.47 Å². The molecule has 0 amide bonds. The van der Waals surface area contributed by atoms with Crippen LogP contribution < -0.4 is 0 Å². The predicted octanol–water partition coefficient (Wildman–Crippen LogP) is 2.78. The monoisotopic (exact) mass is 234 g/mol. The number of aryl methyl sites for hydroxylation is 1. The predicted molar refractivity (Wildman–Crippen MR) is 64.6 cm³/mol. The van der Waals surface area contributed by atoms with E-state index in [1.54, 1.807) is 0 Å². The molecule has 0 aromatic heterocycles. The van der Waals surface area contributed by atoms with Crippen LogP contribution in [0.25, 0.3) is 0 Å². The Morgan fingerprint density at radius 2 is 1.94 bits per heavy atom. The Morgan fingerprint density at radius 3 is 2.53 bits per heavy atom. The molecule has 0 N–H and O–H groups in total. The Hall–Kier alpha value is -1.35. The molecule has 3 heteroatoms. The van der Waals surface area contributed by atoms with Crippen molar-refractivity contribution in [2.24, 2.45) is 0 Å². The fourth-order valence-corrected chi connectivity index (χ4v) is 1.79. The average Bonchev–Trinajstić information content (AvgIpc) is 2.95. The van der Waals surface area contributed by atoms with Gasteiger partial charge in [0.2, 0.25) is 0 Å². The van der Waals surface area contributed by atoms with E-state index in [2.05, 4.69) is 0 Å². The van der Waals surface area contributed by atoms with Crippen molar-refractivity contribution in [3.05, 3.63) is 35.4 Å². The van der Waals surface area contributed by atoms with Crippen LogP contribution in [0, 0.1) is 6.92 Å². The zero-order valence-electron chi connectivity index (χ0n) is 10.7. The molecule has 2 atom stereocenters. The zero-order valence-corrected chi connectivity index (χ0v) is 10.7. The lowest BCUT2D eigenvalue weighted by molar-refractivity contribution is -0.156. The Balaban J connectivity index is 2.02. The first-order chi connectivity index (χ1) is 7.88. The van der Waals surface area contributed by atoms with Crippen LogP contribution in [0.1, 0.15) is 38.0 Å². The number of benzene rings is 1. The van der Waals surface area contributed by atoms with Crippen LogP contribution in [0.5, 0.6) is 0 Å². The number of carbonyl (C=O) groups is 1. The molecule has 2 rings (SSSR count). The summed E-state index contributed by atoms with van der Waals surface area (Å²) in [6, 6.07) is 7.94. The molecule has 92 valence electrons. The maximum Gasteiger partial charge on any atom is 0.338 e. The van der Waals surface area contributed by atoms with Crippen LogP contribution in [0.4, 0.5) is 0 Å². The van der Waals surface area contributed by atoms with Gasteiger partial charge in [0.05, 0.1) is 0 Å². The molecular formula is C14H18O3. The first kappa shape index (κ1) is 12.1. The molecule has 1 aromatic rings. The summed E-state index contributed by atoms with van der Waals surface area (Å²) in [5.41, 5.74) is 1.76. The van der Waals surface area contributed by atoms with E-state index >= 15 is 0 Å². The Kier molecular flexibility index (Phi) is 2.96. The van der Waals surface area contributed by atoms with Crippen LogP contribution in [-0.2, 0) is 14.3 Å². The van der Waals surface area contributed by atoms with Gasteiger partial charge in [0.25, 0.3) is 0 Å². The third-order valence-corrected chi connectivity index (χ3v) is 2.63. The van der Waals surface area contributed by atoms with Gasteiger partial charge in [-0.15, -0.1) is 0 Å². The Bertz CT molecular complexity index is 431. The molecule has 0 aliphatic carbocycles. The van der Waals surface area contributed by atoms with Crippen molar-refractivity contribution >= 4 is 5.97 Å². The summed E-state index contributed by atoms with van der Waals surface area (Å²) in [6.45, 7) is 7.59. The van der Waals surface area contributed by atoms with Gasteiger partial charge >= 0.3 is 5.97 Å². The maximum absolute atomic E-state index is 11.8. The van der Waals surface area contributed by atoms with Gasteiger partial charge in [-0.2, -0.15) is 0 Å². The van der Waals surface area contributed by atoms with Crippen molar-refractivity contribution in [3.63, 3.8) is 0 Å². The molecule has 3 nitrogen and oxygen atoms in total. The van der Waals surface area contributed by atoms with Gasteiger partial charge in [0.1, 0.15) is 11.7 Å². The molecule has 1 aliphatic rings. The highest BCUT2D eigenvalue weighted by molar-refractivity contribution is 5.79. The first-order valence-corrected chi connectivity index (χ1v) is 5.82. The third-order valence-electron chi connectivity index (χ3n) is 2.63. The van der Waals surface area contributed by atoms with E-state index < -0.39 is 11.7 Å². The summed E-state index contributed by atoms with van der Waals surface area (Å²) in [5.74, 6) is -0.272. The summed E-state index contributed by atoms with van der Waals surface area (Å²) in [4.78, 5) is 11.8. The number of esters is 1. The molecule has 0 unspecified atom stereocenters. The molecule has 1 aromatic carbocycles. The van der Waals surface area contributed by atoms with Crippen LogP contribution in [-0.4, -0.2) is 17.7 Å². The average molecular weight is 234 g/mol. The quantitative estimate of drug-likeness (QED) is 0.583. The van der Waals surface area contributed by atoms with Gasteiger partial charge in [-0.05, 0) is 38.8 Å².